The van der Waals surface area contributed by atoms with Gasteiger partial charge in [-0.1, -0.05) is 30.3 Å². The Bertz CT molecular complexity index is 1070. The van der Waals surface area contributed by atoms with Gasteiger partial charge in [-0.25, -0.2) is 9.78 Å². The molecule has 7 nitrogen and oxygen atoms in total. The molecule has 3 aromatic rings. The largest absolute Gasteiger partial charge is 0.480 e. The summed E-state index contributed by atoms with van der Waals surface area (Å²) in [6.45, 7) is 1.84. The van der Waals surface area contributed by atoms with Crippen LogP contribution in [0.15, 0.2) is 42.5 Å². The van der Waals surface area contributed by atoms with Crippen LogP contribution >= 0.6 is 0 Å². The molecule has 4 rings (SSSR count). The van der Waals surface area contributed by atoms with E-state index in [2.05, 4.69) is 0 Å². The Kier molecular flexibility index (Phi) is 4.96. The average molecular weight is 393 g/mol. The second-order valence-electron chi connectivity index (χ2n) is 7.33. The maximum Gasteiger partial charge on any atom is 0.414 e. The van der Waals surface area contributed by atoms with Crippen LogP contribution in [0.1, 0.15) is 30.3 Å². The number of aliphatic carboxylic acids is 1. The summed E-state index contributed by atoms with van der Waals surface area (Å²) in [6, 6.07) is 13.6. The molecular formula is C22H23N3O4. The molecule has 2 heterocycles. The number of aromatic nitrogens is 2. The molecule has 0 fully saturated rings. The predicted octanol–water partition coefficient (Wildman–Crippen LogP) is 3.62. The summed E-state index contributed by atoms with van der Waals surface area (Å²) in [5.74, 6) is -0.216. The van der Waals surface area contributed by atoms with E-state index in [9.17, 15) is 14.7 Å². The Balaban J connectivity index is 1.87. The first-order valence-electron chi connectivity index (χ1n) is 9.63. The number of benzene rings is 2. The van der Waals surface area contributed by atoms with Crippen LogP contribution in [0.3, 0.4) is 0 Å². The lowest BCUT2D eigenvalue weighted by molar-refractivity contribution is -0.137. The zero-order chi connectivity index (χ0) is 20.5. The summed E-state index contributed by atoms with van der Waals surface area (Å²) in [5.41, 5.74) is 4.35. The van der Waals surface area contributed by atoms with E-state index in [1.54, 1.807) is 9.47 Å². The fraction of sp³-hybridized carbons (Fsp3) is 0.318. The first-order valence-corrected chi connectivity index (χ1v) is 9.63. The van der Waals surface area contributed by atoms with Crippen molar-refractivity contribution in [3.63, 3.8) is 0 Å². The van der Waals surface area contributed by atoms with E-state index in [1.165, 1.54) is 7.11 Å². The van der Waals surface area contributed by atoms with Gasteiger partial charge in [-0.15, -0.1) is 0 Å². The fourth-order valence-corrected chi connectivity index (χ4v) is 4.08. The summed E-state index contributed by atoms with van der Waals surface area (Å²) in [7, 11) is 1.38. The number of anilines is 1. The van der Waals surface area contributed by atoms with E-state index in [0.29, 0.717) is 12.2 Å². The van der Waals surface area contributed by atoms with Gasteiger partial charge in [-0.3, -0.25) is 9.69 Å². The van der Waals surface area contributed by atoms with Gasteiger partial charge in [-0.05, 0) is 37.5 Å². The van der Waals surface area contributed by atoms with Crippen LogP contribution in [0, 0.1) is 0 Å². The summed E-state index contributed by atoms with van der Waals surface area (Å²) in [4.78, 5) is 30.3. The molecule has 1 aliphatic heterocycles. The van der Waals surface area contributed by atoms with Crippen molar-refractivity contribution in [3.8, 4) is 0 Å². The number of carbonyl (C=O) groups excluding carboxylic acids is 1. The van der Waals surface area contributed by atoms with Gasteiger partial charge >= 0.3 is 12.1 Å². The molecule has 0 bridgehead atoms. The minimum Gasteiger partial charge on any atom is -0.480 e. The van der Waals surface area contributed by atoms with Crippen molar-refractivity contribution in [1.82, 2.24) is 9.55 Å². The number of methoxy groups -OCH3 is 1. The van der Waals surface area contributed by atoms with Crippen molar-refractivity contribution >= 4 is 28.8 Å². The Morgan fingerprint density at radius 1 is 1.21 bits per heavy atom. The number of hydrogen-bond acceptors (Lipinski definition) is 4. The van der Waals surface area contributed by atoms with Crippen molar-refractivity contribution in [1.29, 1.82) is 0 Å². The summed E-state index contributed by atoms with van der Waals surface area (Å²) in [5, 5.41) is 9.44. The van der Waals surface area contributed by atoms with E-state index < -0.39 is 12.1 Å². The predicted molar refractivity (Wildman–Crippen MR) is 109 cm³/mol. The third kappa shape index (κ3) is 3.44. The zero-order valence-corrected chi connectivity index (χ0v) is 16.5. The number of carboxylic acids is 1. The first-order chi connectivity index (χ1) is 14.0. The molecule has 29 heavy (non-hydrogen) atoms. The molecule has 0 spiro atoms. The quantitative estimate of drug-likeness (QED) is 0.732. The summed E-state index contributed by atoms with van der Waals surface area (Å²) < 4.78 is 6.73. The maximum atomic E-state index is 12.3. The highest BCUT2D eigenvalue weighted by Gasteiger charge is 2.31. The molecule has 0 aliphatic carbocycles. The fourth-order valence-electron chi connectivity index (χ4n) is 4.08. The maximum absolute atomic E-state index is 12.3. The Hall–Kier alpha value is -3.35. The molecule has 2 aromatic carbocycles. The number of rotatable bonds is 4. The van der Waals surface area contributed by atoms with Gasteiger partial charge in [0.05, 0.1) is 23.8 Å². The minimum atomic E-state index is -0.916. The number of imidazole rings is 1. The van der Waals surface area contributed by atoms with Crippen LogP contribution in [0.4, 0.5) is 10.5 Å². The molecule has 1 aromatic heterocycles. The first kappa shape index (κ1) is 19.0. The number of fused-ring (bicyclic) bond motifs is 3. The average Bonchev–Trinajstić information content (AvgIpc) is 3.04. The van der Waals surface area contributed by atoms with E-state index in [1.807, 2.05) is 49.4 Å². The molecule has 1 atom stereocenters. The number of hydrogen-bond donors (Lipinski definition) is 1. The van der Waals surface area contributed by atoms with Crippen LogP contribution < -0.4 is 4.90 Å². The smallest absolute Gasteiger partial charge is 0.414 e. The van der Waals surface area contributed by atoms with Gasteiger partial charge in [0, 0.05) is 18.0 Å². The third-order valence-corrected chi connectivity index (χ3v) is 5.46. The van der Waals surface area contributed by atoms with Gasteiger partial charge in [0.15, 0.2) is 0 Å². The molecule has 7 heteroatoms. The summed E-state index contributed by atoms with van der Waals surface area (Å²) in [6.07, 6.45) is 1.71. The van der Waals surface area contributed by atoms with Gasteiger partial charge in [-0.2, -0.15) is 0 Å². The molecule has 0 saturated carbocycles. The molecule has 1 unspecified atom stereocenters. The van der Waals surface area contributed by atoms with Crippen LogP contribution in [-0.2, 0) is 28.9 Å². The lowest BCUT2D eigenvalue weighted by Gasteiger charge is -2.34. The monoisotopic (exact) mass is 393 g/mol. The van der Waals surface area contributed by atoms with Crippen molar-refractivity contribution < 1.29 is 19.4 Å². The van der Waals surface area contributed by atoms with Crippen molar-refractivity contribution in [3.05, 3.63) is 59.4 Å². The van der Waals surface area contributed by atoms with E-state index >= 15 is 0 Å². The third-order valence-electron chi connectivity index (χ3n) is 5.46. The number of carbonyl (C=O) groups is 2. The van der Waals surface area contributed by atoms with Crippen molar-refractivity contribution in [2.24, 2.45) is 0 Å². The number of nitrogens with zero attached hydrogens (tertiary/aromatic N) is 3. The molecule has 0 radical (unpaired) electrons. The van der Waals surface area contributed by atoms with Crippen LogP contribution in [-0.4, -0.2) is 39.9 Å². The van der Waals surface area contributed by atoms with E-state index in [4.69, 9.17) is 9.72 Å². The van der Waals surface area contributed by atoms with Crippen LogP contribution in [0.2, 0.25) is 0 Å². The molecular weight excluding hydrogens is 370 g/mol. The van der Waals surface area contributed by atoms with Crippen LogP contribution in [0.25, 0.3) is 11.0 Å². The topological polar surface area (TPSA) is 84.7 Å². The Morgan fingerprint density at radius 2 is 1.97 bits per heavy atom. The highest BCUT2D eigenvalue weighted by molar-refractivity contribution is 5.95. The lowest BCUT2D eigenvalue weighted by atomic mass is 9.96. The van der Waals surface area contributed by atoms with Gasteiger partial charge in [0.1, 0.15) is 12.4 Å². The van der Waals surface area contributed by atoms with Gasteiger partial charge in [0.2, 0.25) is 0 Å². The lowest BCUT2D eigenvalue weighted by Crippen LogP contribution is -2.42. The number of aryl methyl sites for hydroxylation is 1. The second kappa shape index (κ2) is 7.58. The number of carboxylic acid groups (broad SMARTS) is 1. The normalized spacial score (nSPS) is 15.9. The number of ether oxygens (including phenoxy) is 1. The SMILES string of the molecule is COC(=O)N1c2ccc3c(nc(Cc4ccccc4)n3CC(=O)O)c2CCC1C. The summed E-state index contributed by atoms with van der Waals surface area (Å²) >= 11 is 0. The highest BCUT2D eigenvalue weighted by atomic mass is 16.5. The van der Waals surface area contributed by atoms with Gasteiger partial charge in [0.25, 0.3) is 0 Å². The van der Waals surface area contributed by atoms with Gasteiger partial charge < -0.3 is 14.4 Å². The minimum absolute atomic E-state index is 0.0253. The molecule has 150 valence electrons. The van der Waals surface area contributed by atoms with E-state index in [-0.39, 0.29) is 12.6 Å². The Morgan fingerprint density at radius 3 is 2.66 bits per heavy atom. The van der Waals surface area contributed by atoms with E-state index in [0.717, 1.165) is 40.7 Å². The zero-order valence-electron chi connectivity index (χ0n) is 16.5. The highest BCUT2D eigenvalue weighted by Crippen LogP contribution is 2.36. The standard InChI is InChI=1S/C22H23N3O4/c1-14-8-9-16-17(25(14)22(28)29-2)10-11-18-21(16)23-19(24(18)13-20(26)27)12-15-6-4-3-5-7-15/h3-7,10-11,14H,8-9,12-13H2,1-2H3,(H,26,27). The second-order valence-corrected chi connectivity index (χ2v) is 7.33. The van der Waals surface area contributed by atoms with Crippen LogP contribution in [0.5, 0.6) is 0 Å². The molecule has 1 N–H and O–H groups in total. The van der Waals surface area contributed by atoms with Crippen molar-refractivity contribution in [2.75, 3.05) is 12.0 Å². The van der Waals surface area contributed by atoms with Crippen molar-refractivity contribution in [2.45, 2.75) is 38.8 Å². The Labute approximate surface area is 168 Å². The molecule has 0 saturated heterocycles. The molecule has 1 amide bonds. The number of amides is 1. The molecule has 1 aliphatic rings.